The number of para-hydroxylation sites is 1. The minimum absolute atomic E-state index is 0.172. The van der Waals surface area contributed by atoms with Crippen molar-refractivity contribution in [1.29, 1.82) is 0 Å². The fourth-order valence-electron chi connectivity index (χ4n) is 2.71. The number of benzene rings is 3. The topological polar surface area (TPSA) is 56.2 Å². The van der Waals surface area contributed by atoms with E-state index in [9.17, 15) is 4.79 Å². The molecule has 0 fully saturated rings. The number of rotatable bonds is 4. The van der Waals surface area contributed by atoms with E-state index in [-0.39, 0.29) is 5.91 Å². The van der Waals surface area contributed by atoms with E-state index in [1.54, 1.807) is 18.5 Å². The number of hydrogen-bond acceptors (Lipinski definition) is 3. The Morgan fingerprint density at radius 2 is 1.69 bits per heavy atom. The van der Waals surface area contributed by atoms with Crippen LogP contribution in [0, 0.1) is 0 Å². The largest absolute Gasteiger partial charge is 0.457 e. The summed E-state index contributed by atoms with van der Waals surface area (Å²) in [5.41, 5.74) is 3.06. The van der Waals surface area contributed by atoms with Gasteiger partial charge in [0.2, 0.25) is 0 Å². The second kappa shape index (κ2) is 6.72. The van der Waals surface area contributed by atoms with Crippen molar-refractivity contribution in [3.8, 4) is 11.5 Å². The third kappa shape index (κ3) is 3.28. The molecule has 0 spiro atoms. The number of fused-ring (bicyclic) bond motifs is 1. The Morgan fingerprint density at radius 3 is 2.46 bits per heavy atom. The van der Waals surface area contributed by atoms with Crippen LogP contribution < -0.4 is 10.1 Å². The molecule has 1 heterocycles. The third-order valence-electron chi connectivity index (χ3n) is 4.08. The molecule has 0 aliphatic carbocycles. The van der Waals surface area contributed by atoms with Crippen LogP contribution >= 0.6 is 0 Å². The monoisotopic (exact) mass is 343 g/mol. The zero-order valence-electron chi connectivity index (χ0n) is 14.2. The van der Waals surface area contributed by atoms with Gasteiger partial charge >= 0.3 is 0 Å². The van der Waals surface area contributed by atoms with E-state index in [1.165, 1.54) is 0 Å². The second-order valence-electron chi connectivity index (χ2n) is 5.95. The molecule has 0 saturated heterocycles. The van der Waals surface area contributed by atoms with Crippen LogP contribution in [0.2, 0.25) is 0 Å². The van der Waals surface area contributed by atoms with E-state index in [0.717, 1.165) is 16.8 Å². The van der Waals surface area contributed by atoms with Crippen LogP contribution in [-0.2, 0) is 7.05 Å². The summed E-state index contributed by atoms with van der Waals surface area (Å²) in [6, 6.07) is 22.3. The van der Waals surface area contributed by atoms with Crippen LogP contribution in [0.3, 0.4) is 0 Å². The molecule has 1 amide bonds. The molecular formula is C21H17N3O2. The van der Waals surface area contributed by atoms with Gasteiger partial charge < -0.3 is 14.6 Å². The molecule has 0 saturated carbocycles. The zero-order chi connectivity index (χ0) is 17.9. The Balaban J connectivity index is 1.46. The van der Waals surface area contributed by atoms with E-state index in [4.69, 9.17) is 4.74 Å². The molecule has 4 rings (SSSR count). The molecule has 3 aromatic carbocycles. The van der Waals surface area contributed by atoms with E-state index in [1.807, 2.05) is 72.3 Å². The molecule has 1 N–H and O–H groups in total. The van der Waals surface area contributed by atoms with Crippen LogP contribution in [0.5, 0.6) is 11.5 Å². The maximum absolute atomic E-state index is 12.5. The predicted octanol–water partition coefficient (Wildman–Crippen LogP) is 4.62. The predicted molar refractivity (Wildman–Crippen MR) is 102 cm³/mol. The number of nitrogens with one attached hydrogen (secondary N) is 1. The maximum Gasteiger partial charge on any atom is 0.255 e. The molecule has 5 nitrogen and oxygen atoms in total. The molecule has 4 aromatic rings. The van der Waals surface area contributed by atoms with Gasteiger partial charge in [0, 0.05) is 18.3 Å². The Bertz CT molecular complexity index is 1050. The minimum atomic E-state index is -0.172. The van der Waals surface area contributed by atoms with Gasteiger partial charge in [-0.2, -0.15) is 0 Å². The van der Waals surface area contributed by atoms with Crippen molar-refractivity contribution >= 4 is 22.6 Å². The lowest BCUT2D eigenvalue weighted by atomic mass is 10.2. The number of aromatic nitrogens is 2. The quantitative estimate of drug-likeness (QED) is 0.588. The average Bonchev–Trinajstić information content (AvgIpc) is 3.04. The number of carbonyl (C=O) groups excluding carboxylic acids is 1. The second-order valence-corrected chi connectivity index (χ2v) is 5.95. The first-order chi connectivity index (χ1) is 12.7. The molecule has 1 aromatic heterocycles. The van der Waals surface area contributed by atoms with Crippen molar-refractivity contribution in [2.24, 2.45) is 7.05 Å². The van der Waals surface area contributed by atoms with Crippen LogP contribution in [0.25, 0.3) is 11.0 Å². The molecule has 0 aliphatic heterocycles. The van der Waals surface area contributed by atoms with Crippen molar-refractivity contribution < 1.29 is 9.53 Å². The number of nitrogens with zero attached hydrogens (tertiary/aromatic N) is 2. The Kier molecular flexibility index (Phi) is 4.11. The summed E-state index contributed by atoms with van der Waals surface area (Å²) in [5, 5.41) is 2.89. The van der Waals surface area contributed by atoms with Crippen molar-refractivity contribution in [2.45, 2.75) is 0 Å². The summed E-state index contributed by atoms with van der Waals surface area (Å²) < 4.78 is 7.67. The van der Waals surface area contributed by atoms with E-state index >= 15 is 0 Å². The lowest BCUT2D eigenvalue weighted by molar-refractivity contribution is 0.102. The highest BCUT2D eigenvalue weighted by Gasteiger charge is 2.09. The smallest absolute Gasteiger partial charge is 0.255 e. The van der Waals surface area contributed by atoms with Gasteiger partial charge in [0.25, 0.3) is 5.91 Å². The van der Waals surface area contributed by atoms with Gasteiger partial charge in [0.05, 0.1) is 17.4 Å². The fourth-order valence-corrected chi connectivity index (χ4v) is 2.71. The van der Waals surface area contributed by atoms with Gasteiger partial charge in [-0.05, 0) is 54.6 Å². The highest BCUT2D eigenvalue weighted by atomic mass is 16.5. The molecular weight excluding hydrogens is 326 g/mol. The van der Waals surface area contributed by atoms with Crippen LogP contribution in [0.1, 0.15) is 10.4 Å². The fraction of sp³-hybridized carbons (Fsp3) is 0.0476. The maximum atomic E-state index is 12.5. The Morgan fingerprint density at radius 1 is 0.962 bits per heavy atom. The number of amides is 1. The summed E-state index contributed by atoms with van der Waals surface area (Å²) in [4.78, 5) is 16.7. The van der Waals surface area contributed by atoms with Crippen molar-refractivity contribution in [1.82, 2.24) is 9.55 Å². The van der Waals surface area contributed by atoms with Gasteiger partial charge in [0.15, 0.2) is 0 Å². The first-order valence-corrected chi connectivity index (χ1v) is 8.24. The Hall–Kier alpha value is -3.60. The summed E-state index contributed by atoms with van der Waals surface area (Å²) in [6.07, 6.45) is 1.73. The van der Waals surface area contributed by atoms with Gasteiger partial charge in [-0.1, -0.05) is 18.2 Å². The normalized spacial score (nSPS) is 10.7. The number of hydrogen-bond donors (Lipinski definition) is 1. The highest BCUT2D eigenvalue weighted by Crippen LogP contribution is 2.23. The number of imidazole rings is 1. The van der Waals surface area contributed by atoms with Gasteiger partial charge in [-0.15, -0.1) is 0 Å². The molecule has 0 unspecified atom stereocenters. The molecule has 128 valence electrons. The lowest BCUT2D eigenvalue weighted by Gasteiger charge is -2.08. The molecule has 26 heavy (non-hydrogen) atoms. The summed E-state index contributed by atoms with van der Waals surface area (Å²) in [5.74, 6) is 1.31. The number of anilines is 1. The van der Waals surface area contributed by atoms with Crippen LogP contribution in [-0.4, -0.2) is 15.5 Å². The number of ether oxygens (including phenoxy) is 1. The average molecular weight is 343 g/mol. The summed E-state index contributed by atoms with van der Waals surface area (Å²) in [6.45, 7) is 0. The molecule has 0 atom stereocenters. The van der Waals surface area contributed by atoms with Crippen molar-refractivity contribution in [3.63, 3.8) is 0 Å². The summed E-state index contributed by atoms with van der Waals surface area (Å²) >= 11 is 0. The van der Waals surface area contributed by atoms with Crippen molar-refractivity contribution in [2.75, 3.05) is 5.32 Å². The van der Waals surface area contributed by atoms with Gasteiger partial charge in [-0.3, -0.25) is 4.79 Å². The first-order valence-electron chi connectivity index (χ1n) is 8.24. The first kappa shape index (κ1) is 15.9. The molecule has 0 bridgehead atoms. The molecule has 5 heteroatoms. The lowest BCUT2D eigenvalue weighted by Crippen LogP contribution is -2.11. The summed E-state index contributed by atoms with van der Waals surface area (Å²) in [7, 11) is 1.92. The minimum Gasteiger partial charge on any atom is -0.457 e. The van der Waals surface area contributed by atoms with Crippen LogP contribution in [0.15, 0.2) is 79.1 Å². The zero-order valence-corrected chi connectivity index (χ0v) is 14.2. The van der Waals surface area contributed by atoms with Gasteiger partial charge in [0.1, 0.15) is 11.5 Å². The van der Waals surface area contributed by atoms with Gasteiger partial charge in [-0.25, -0.2) is 4.98 Å². The Labute approximate surface area is 150 Å². The number of carbonyl (C=O) groups is 1. The van der Waals surface area contributed by atoms with E-state index in [0.29, 0.717) is 17.0 Å². The highest BCUT2D eigenvalue weighted by molar-refractivity contribution is 6.05. The van der Waals surface area contributed by atoms with E-state index in [2.05, 4.69) is 10.3 Å². The SMILES string of the molecule is Cn1cnc2cc(C(=O)Nc3ccc(Oc4ccccc4)cc3)ccc21. The van der Waals surface area contributed by atoms with Crippen LogP contribution in [0.4, 0.5) is 5.69 Å². The standard InChI is InChI=1S/C21H17N3O2/c1-24-14-22-19-13-15(7-12-20(19)24)21(25)23-16-8-10-18(11-9-16)26-17-5-3-2-4-6-17/h2-14H,1H3,(H,23,25). The molecule has 0 radical (unpaired) electrons. The van der Waals surface area contributed by atoms with E-state index < -0.39 is 0 Å². The van der Waals surface area contributed by atoms with Crippen molar-refractivity contribution in [3.05, 3.63) is 84.7 Å². The third-order valence-corrected chi connectivity index (χ3v) is 4.08. The number of aryl methyl sites for hydroxylation is 1. The molecule has 0 aliphatic rings.